The first kappa shape index (κ1) is 11.9. The molecule has 1 amide bonds. The molecule has 0 radical (unpaired) electrons. The number of aliphatic carboxylic acids is 1. The number of anilines is 1. The number of hydrogen-bond acceptors (Lipinski definition) is 6. The van der Waals surface area contributed by atoms with E-state index in [4.69, 9.17) is 15.9 Å². The zero-order chi connectivity index (χ0) is 12.1. The number of amides is 1. The molecule has 1 rings (SSSR count). The molecule has 16 heavy (non-hydrogen) atoms. The number of H-pyrrole nitrogens is 1. The quantitative estimate of drug-likeness (QED) is 0.389. The van der Waals surface area contributed by atoms with Gasteiger partial charge in [-0.25, -0.2) is 4.79 Å². The van der Waals surface area contributed by atoms with E-state index in [9.17, 15) is 9.59 Å². The Balaban J connectivity index is 2.65. The van der Waals surface area contributed by atoms with E-state index >= 15 is 0 Å². The predicted octanol–water partition coefficient (Wildman–Crippen LogP) is -2.05. The third-order valence-electron chi connectivity index (χ3n) is 1.74. The van der Waals surface area contributed by atoms with Crippen molar-refractivity contribution in [3.05, 3.63) is 5.82 Å². The number of carbonyl (C=O) groups excluding carboxylic acids is 1. The van der Waals surface area contributed by atoms with Gasteiger partial charge in [-0.3, -0.25) is 9.89 Å². The summed E-state index contributed by atoms with van der Waals surface area (Å²) in [6.07, 6.45) is -0.0926. The van der Waals surface area contributed by atoms with Crippen LogP contribution in [0, 0.1) is 0 Å². The Morgan fingerprint density at radius 2 is 2.25 bits per heavy atom. The number of aromatic nitrogens is 3. The van der Waals surface area contributed by atoms with Crippen LogP contribution in [-0.2, 0) is 4.79 Å². The van der Waals surface area contributed by atoms with E-state index in [2.05, 4.69) is 20.5 Å². The first-order valence-electron chi connectivity index (χ1n) is 4.37. The second-order valence-electron chi connectivity index (χ2n) is 2.92. The average molecular weight is 229 g/mol. The molecule has 0 bridgehead atoms. The summed E-state index contributed by atoms with van der Waals surface area (Å²) < 4.78 is 0. The summed E-state index contributed by atoms with van der Waals surface area (Å²) in [5.41, 5.74) is 5.18. The van der Waals surface area contributed by atoms with Crippen LogP contribution in [0.4, 0.5) is 5.95 Å². The van der Waals surface area contributed by atoms with Crippen LogP contribution in [-0.4, -0.2) is 49.9 Å². The second kappa shape index (κ2) is 5.07. The van der Waals surface area contributed by atoms with Crippen molar-refractivity contribution >= 4 is 17.8 Å². The number of hydrogen-bond donors (Lipinski definition) is 5. The number of aliphatic hydroxyl groups excluding tert-OH is 1. The summed E-state index contributed by atoms with van der Waals surface area (Å²) in [5, 5.41) is 25.1. The van der Waals surface area contributed by atoms with E-state index in [-0.39, 0.29) is 24.8 Å². The molecule has 0 aliphatic rings. The number of carbonyl (C=O) groups is 2. The fraction of sp³-hybridized carbons (Fsp3) is 0.429. The lowest BCUT2D eigenvalue weighted by Crippen LogP contribution is -2.41. The molecule has 0 fully saturated rings. The average Bonchev–Trinajstić information content (AvgIpc) is 2.64. The summed E-state index contributed by atoms with van der Waals surface area (Å²) in [4.78, 5) is 25.6. The van der Waals surface area contributed by atoms with Gasteiger partial charge in [0.1, 0.15) is 6.04 Å². The summed E-state index contributed by atoms with van der Waals surface area (Å²) >= 11 is 0. The highest BCUT2D eigenvalue weighted by Gasteiger charge is 2.21. The normalized spacial score (nSPS) is 12.1. The molecule has 0 unspecified atom stereocenters. The van der Waals surface area contributed by atoms with Crippen LogP contribution < -0.4 is 11.1 Å². The first-order valence-corrected chi connectivity index (χ1v) is 4.37. The van der Waals surface area contributed by atoms with Gasteiger partial charge < -0.3 is 21.3 Å². The van der Waals surface area contributed by atoms with Gasteiger partial charge >= 0.3 is 5.97 Å². The molecule has 9 heteroatoms. The monoisotopic (exact) mass is 229 g/mol. The number of carboxylic acid groups (broad SMARTS) is 1. The van der Waals surface area contributed by atoms with E-state index in [1.807, 2.05) is 0 Å². The lowest BCUT2D eigenvalue weighted by Gasteiger charge is -2.11. The predicted molar refractivity (Wildman–Crippen MR) is 51.4 cm³/mol. The highest BCUT2D eigenvalue weighted by atomic mass is 16.4. The topological polar surface area (TPSA) is 154 Å². The summed E-state index contributed by atoms with van der Waals surface area (Å²) in [6, 6.07) is -1.18. The van der Waals surface area contributed by atoms with Crippen molar-refractivity contribution in [1.29, 1.82) is 0 Å². The molecule has 0 spiro atoms. The minimum Gasteiger partial charge on any atom is -0.480 e. The van der Waals surface area contributed by atoms with Gasteiger partial charge in [0, 0.05) is 13.0 Å². The zero-order valence-corrected chi connectivity index (χ0v) is 8.17. The standard InChI is InChI=1S/C7H11N5O4/c8-7-10-4(11-12-7)5(14)9-3(1-2-13)6(15)16/h3,13H,1-2H2,(H,9,14)(H,15,16)(H3,8,10,11,12)/t3-/m1/s1. The van der Waals surface area contributed by atoms with Gasteiger partial charge in [0.15, 0.2) is 0 Å². The smallest absolute Gasteiger partial charge is 0.326 e. The number of aromatic amines is 1. The van der Waals surface area contributed by atoms with Crippen LogP contribution >= 0.6 is 0 Å². The van der Waals surface area contributed by atoms with E-state index in [0.717, 1.165) is 0 Å². The van der Waals surface area contributed by atoms with Crippen molar-refractivity contribution in [3.8, 4) is 0 Å². The summed E-state index contributed by atoms with van der Waals surface area (Å²) in [5.74, 6) is -2.28. The summed E-state index contributed by atoms with van der Waals surface area (Å²) in [7, 11) is 0. The first-order chi connectivity index (χ1) is 7.54. The lowest BCUT2D eigenvalue weighted by molar-refractivity contribution is -0.139. The molecule has 1 aromatic heterocycles. The molecule has 0 aromatic carbocycles. The zero-order valence-electron chi connectivity index (χ0n) is 8.17. The fourth-order valence-corrected chi connectivity index (χ4v) is 0.989. The molecule has 0 saturated heterocycles. The summed E-state index contributed by atoms with van der Waals surface area (Å²) in [6.45, 7) is -0.351. The Kier molecular flexibility index (Phi) is 3.78. The van der Waals surface area contributed by atoms with E-state index in [1.54, 1.807) is 0 Å². The van der Waals surface area contributed by atoms with E-state index < -0.39 is 17.9 Å². The third kappa shape index (κ3) is 2.92. The molecule has 0 saturated carbocycles. The van der Waals surface area contributed by atoms with Gasteiger partial charge in [-0.15, -0.1) is 5.10 Å². The largest absolute Gasteiger partial charge is 0.480 e. The Bertz CT molecular complexity index is 390. The molecule has 1 aromatic rings. The number of rotatable bonds is 5. The van der Waals surface area contributed by atoms with Crippen LogP contribution in [0.5, 0.6) is 0 Å². The fourth-order valence-electron chi connectivity index (χ4n) is 0.989. The van der Waals surface area contributed by atoms with Crippen molar-refractivity contribution in [2.45, 2.75) is 12.5 Å². The van der Waals surface area contributed by atoms with Crippen LogP contribution in [0.15, 0.2) is 0 Å². The maximum Gasteiger partial charge on any atom is 0.326 e. The van der Waals surface area contributed by atoms with Crippen molar-refractivity contribution in [1.82, 2.24) is 20.5 Å². The van der Waals surface area contributed by atoms with E-state index in [1.165, 1.54) is 0 Å². The number of nitrogens with two attached hydrogens (primary N) is 1. The van der Waals surface area contributed by atoms with Crippen molar-refractivity contribution in [3.63, 3.8) is 0 Å². The minimum atomic E-state index is -1.24. The Morgan fingerprint density at radius 1 is 1.56 bits per heavy atom. The van der Waals surface area contributed by atoms with Gasteiger partial charge in [0.2, 0.25) is 11.8 Å². The highest BCUT2D eigenvalue weighted by molar-refractivity contribution is 5.93. The van der Waals surface area contributed by atoms with Crippen LogP contribution in [0.3, 0.4) is 0 Å². The van der Waals surface area contributed by atoms with E-state index in [0.29, 0.717) is 0 Å². The number of nitrogens with one attached hydrogen (secondary N) is 2. The SMILES string of the molecule is Nc1n[nH]c(C(=O)N[C@H](CCO)C(=O)O)n1. The number of aliphatic hydroxyl groups is 1. The number of nitrogens with zero attached hydrogens (tertiary/aromatic N) is 2. The molecule has 0 aliphatic heterocycles. The van der Waals surface area contributed by atoms with Gasteiger partial charge in [-0.05, 0) is 0 Å². The number of carboxylic acids is 1. The van der Waals surface area contributed by atoms with Crippen LogP contribution in [0.25, 0.3) is 0 Å². The molecule has 0 aliphatic carbocycles. The molecular weight excluding hydrogens is 218 g/mol. The maximum absolute atomic E-state index is 11.4. The second-order valence-corrected chi connectivity index (χ2v) is 2.92. The molecule has 6 N–H and O–H groups in total. The minimum absolute atomic E-state index is 0.0926. The lowest BCUT2D eigenvalue weighted by atomic mass is 10.2. The molecule has 1 heterocycles. The van der Waals surface area contributed by atoms with Gasteiger partial charge in [0.05, 0.1) is 0 Å². The van der Waals surface area contributed by atoms with Gasteiger partial charge in [0.25, 0.3) is 5.91 Å². The highest BCUT2D eigenvalue weighted by Crippen LogP contribution is 1.96. The Labute approximate surface area is 89.7 Å². The van der Waals surface area contributed by atoms with Gasteiger partial charge in [-0.2, -0.15) is 4.98 Å². The van der Waals surface area contributed by atoms with Crippen molar-refractivity contribution in [2.24, 2.45) is 0 Å². The molecular formula is C7H11N5O4. The Hall–Kier alpha value is -2.16. The maximum atomic E-state index is 11.4. The van der Waals surface area contributed by atoms with Crippen molar-refractivity contribution in [2.75, 3.05) is 12.3 Å². The van der Waals surface area contributed by atoms with Gasteiger partial charge in [-0.1, -0.05) is 0 Å². The third-order valence-corrected chi connectivity index (χ3v) is 1.74. The number of nitrogen functional groups attached to an aromatic ring is 1. The van der Waals surface area contributed by atoms with Crippen LogP contribution in [0.2, 0.25) is 0 Å². The van der Waals surface area contributed by atoms with Crippen LogP contribution in [0.1, 0.15) is 17.0 Å². The van der Waals surface area contributed by atoms with Crippen molar-refractivity contribution < 1.29 is 19.8 Å². The molecule has 9 nitrogen and oxygen atoms in total. The molecule has 88 valence electrons. The molecule has 1 atom stereocenters. The Morgan fingerprint density at radius 3 is 2.69 bits per heavy atom.